The Morgan fingerprint density at radius 2 is 1.94 bits per heavy atom. The van der Waals surface area contributed by atoms with Gasteiger partial charge in [0, 0.05) is 16.4 Å². The number of nitrogens with one attached hydrogen (secondary N) is 1. The van der Waals surface area contributed by atoms with E-state index in [1.54, 1.807) is 0 Å². The largest absolute Gasteiger partial charge is 0.273 e. The zero-order chi connectivity index (χ0) is 11.4. The average molecular weight is 326 g/mol. The third-order valence-corrected chi connectivity index (χ3v) is 2.99. The van der Waals surface area contributed by atoms with Crippen molar-refractivity contribution in [2.45, 2.75) is 12.8 Å². The molecule has 1 heterocycles. The van der Waals surface area contributed by atoms with Crippen LogP contribution >= 0.6 is 22.6 Å². The predicted octanol–water partition coefficient (Wildman–Crippen LogP) is 2.57. The van der Waals surface area contributed by atoms with Crippen molar-refractivity contribution in [3.8, 4) is 0 Å². The maximum absolute atomic E-state index is 10.9. The Labute approximate surface area is 108 Å². The van der Waals surface area contributed by atoms with Crippen molar-refractivity contribution < 1.29 is 4.79 Å². The lowest BCUT2D eigenvalue weighted by Gasteiger charge is -2.07. The van der Waals surface area contributed by atoms with Gasteiger partial charge in [-0.15, -0.1) is 0 Å². The van der Waals surface area contributed by atoms with Crippen molar-refractivity contribution in [3.63, 3.8) is 0 Å². The van der Waals surface area contributed by atoms with Gasteiger partial charge in [-0.1, -0.05) is 18.2 Å². The minimum absolute atomic E-state index is 0.00795. The van der Waals surface area contributed by atoms with E-state index in [-0.39, 0.29) is 5.91 Å². The number of carbonyl (C=O) groups excluding carboxylic acids is 1. The molecule has 1 aromatic carbocycles. The minimum Gasteiger partial charge on any atom is -0.273 e. The van der Waals surface area contributed by atoms with E-state index in [1.165, 1.54) is 3.57 Å². The van der Waals surface area contributed by atoms with E-state index in [0.717, 1.165) is 11.3 Å². The molecule has 16 heavy (non-hydrogen) atoms. The molecular weight excluding hydrogens is 315 g/mol. The predicted molar refractivity (Wildman–Crippen MR) is 73.0 cm³/mol. The van der Waals surface area contributed by atoms with Crippen molar-refractivity contribution in [2.75, 3.05) is 0 Å². The van der Waals surface area contributed by atoms with Gasteiger partial charge in [0.1, 0.15) is 0 Å². The first-order chi connectivity index (χ1) is 7.74. The van der Waals surface area contributed by atoms with Gasteiger partial charge in [0.2, 0.25) is 5.91 Å². The molecule has 4 heteroatoms. The van der Waals surface area contributed by atoms with Crippen molar-refractivity contribution in [1.29, 1.82) is 0 Å². The first-order valence-corrected chi connectivity index (χ1v) is 6.11. The highest BCUT2D eigenvalue weighted by Gasteiger charge is 2.08. The van der Waals surface area contributed by atoms with Gasteiger partial charge in [-0.25, -0.2) is 5.43 Å². The summed E-state index contributed by atoms with van der Waals surface area (Å²) in [6, 6.07) is 8.23. The van der Waals surface area contributed by atoms with Gasteiger partial charge in [-0.3, -0.25) is 4.79 Å². The highest BCUT2D eigenvalue weighted by molar-refractivity contribution is 14.1. The molecule has 1 aliphatic heterocycles. The zero-order valence-electron chi connectivity index (χ0n) is 8.61. The van der Waals surface area contributed by atoms with E-state index < -0.39 is 0 Å². The molecule has 1 amide bonds. The summed E-state index contributed by atoms with van der Waals surface area (Å²) in [5, 5.41) is 3.97. The topological polar surface area (TPSA) is 41.5 Å². The molecule has 1 aromatic rings. The molecule has 0 atom stereocenters. The van der Waals surface area contributed by atoms with E-state index >= 15 is 0 Å². The molecule has 0 fully saturated rings. The Kier molecular flexibility index (Phi) is 3.71. The summed E-state index contributed by atoms with van der Waals surface area (Å²) < 4.78 is 1.22. The Morgan fingerprint density at radius 1 is 1.19 bits per heavy atom. The fourth-order valence-corrected chi connectivity index (χ4v) is 1.73. The smallest absolute Gasteiger partial charge is 0.240 e. The number of amides is 1. The van der Waals surface area contributed by atoms with Gasteiger partial charge in [0.15, 0.2) is 0 Å². The lowest BCUT2D eigenvalue weighted by Crippen LogP contribution is -2.24. The number of hydrazone groups is 1. The summed E-state index contributed by atoms with van der Waals surface area (Å²) in [4.78, 5) is 10.9. The molecule has 2 rings (SSSR count). The first-order valence-electron chi connectivity index (χ1n) is 5.03. The SMILES string of the molecule is O=C1CCC(C=Cc2ccc(I)cc2)=NN1. The number of rotatable bonds is 2. The van der Waals surface area contributed by atoms with Crippen molar-refractivity contribution in [3.05, 3.63) is 39.5 Å². The van der Waals surface area contributed by atoms with Crippen LogP contribution in [0.5, 0.6) is 0 Å². The summed E-state index contributed by atoms with van der Waals surface area (Å²) in [6.45, 7) is 0. The van der Waals surface area contributed by atoms with Crippen LogP contribution in [0.3, 0.4) is 0 Å². The molecule has 3 nitrogen and oxygen atoms in total. The van der Waals surface area contributed by atoms with E-state index in [4.69, 9.17) is 0 Å². The molecule has 1 aliphatic rings. The van der Waals surface area contributed by atoms with Crippen LogP contribution in [0.1, 0.15) is 18.4 Å². The second kappa shape index (κ2) is 5.25. The van der Waals surface area contributed by atoms with E-state index in [2.05, 4.69) is 57.4 Å². The second-order valence-corrected chi connectivity index (χ2v) is 4.77. The third kappa shape index (κ3) is 3.16. The number of carbonyl (C=O) groups is 1. The summed E-state index contributed by atoms with van der Waals surface area (Å²) >= 11 is 2.28. The maximum atomic E-state index is 10.9. The summed E-state index contributed by atoms with van der Waals surface area (Å²) in [6.07, 6.45) is 5.19. The van der Waals surface area contributed by atoms with Gasteiger partial charge < -0.3 is 0 Å². The van der Waals surface area contributed by atoms with Gasteiger partial charge in [-0.05, 0) is 46.4 Å². The van der Waals surface area contributed by atoms with E-state index in [1.807, 2.05) is 12.2 Å². The van der Waals surface area contributed by atoms with Crippen LogP contribution in [-0.4, -0.2) is 11.6 Å². The number of benzene rings is 1. The maximum Gasteiger partial charge on any atom is 0.240 e. The van der Waals surface area contributed by atoms with Crippen LogP contribution < -0.4 is 5.43 Å². The summed E-state index contributed by atoms with van der Waals surface area (Å²) in [5.74, 6) is -0.00795. The normalized spacial score (nSPS) is 16.1. The van der Waals surface area contributed by atoms with Gasteiger partial charge >= 0.3 is 0 Å². The molecule has 0 radical (unpaired) electrons. The number of nitrogens with zero attached hydrogens (tertiary/aromatic N) is 1. The van der Waals surface area contributed by atoms with Crippen LogP contribution in [-0.2, 0) is 4.79 Å². The molecule has 0 unspecified atom stereocenters. The number of halogens is 1. The zero-order valence-corrected chi connectivity index (χ0v) is 10.8. The van der Waals surface area contributed by atoms with Crippen LogP contribution in [0.15, 0.2) is 35.4 Å². The van der Waals surface area contributed by atoms with Crippen LogP contribution in [0, 0.1) is 3.57 Å². The van der Waals surface area contributed by atoms with E-state index in [0.29, 0.717) is 12.8 Å². The fraction of sp³-hybridized carbons (Fsp3) is 0.167. The highest BCUT2D eigenvalue weighted by Crippen LogP contribution is 2.09. The fourth-order valence-electron chi connectivity index (χ4n) is 1.37. The van der Waals surface area contributed by atoms with Gasteiger partial charge in [0.25, 0.3) is 0 Å². The Balaban J connectivity index is 2.04. The first kappa shape index (κ1) is 11.3. The molecule has 0 aliphatic carbocycles. The molecule has 0 saturated heterocycles. The van der Waals surface area contributed by atoms with Gasteiger partial charge in [-0.2, -0.15) is 5.10 Å². The molecular formula is C12H11IN2O. The number of allylic oxidation sites excluding steroid dienone is 1. The monoisotopic (exact) mass is 326 g/mol. The van der Waals surface area contributed by atoms with Crippen LogP contribution in [0.2, 0.25) is 0 Å². The molecule has 0 saturated carbocycles. The summed E-state index contributed by atoms with van der Waals surface area (Å²) in [7, 11) is 0. The number of hydrogen-bond donors (Lipinski definition) is 1. The lowest BCUT2D eigenvalue weighted by molar-refractivity contribution is -0.121. The minimum atomic E-state index is -0.00795. The lowest BCUT2D eigenvalue weighted by atomic mass is 10.1. The second-order valence-electron chi connectivity index (χ2n) is 3.52. The molecule has 82 valence electrons. The Morgan fingerprint density at radius 3 is 2.56 bits per heavy atom. The average Bonchev–Trinajstić information content (AvgIpc) is 2.30. The molecule has 1 N–H and O–H groups in total. The molecule has 0 spiro atoms. The van der Waals surface area contributed by atoms with Crippen molar-refractivity contribution >= 4 is 40.3 Å². The van der Waals surface area contributed by atoms with Crippen molar-refractivity contribution in [1.82, 2.24) is 5.43 Å². The number of hydrogen-bond acceptors (Lipinski definition) is 2. The van der Waals surface area contributed by atoms with Crippen LogP contribution in [0.4, 0.5) is 0 Å². The Hall–Kier alpha value is -1.17. The highest BCUT2D eigenvalue weighted by atomic mass is 127. The molecule has 0 bridgehead atoms. The van der Waals surface area contributed by atoms with E-state index in [9.17, 15) is 4.79 Å². The van der Waals surface area contributed by atoms with Gasteiger partial charge in [0.05, 0.1) is 5.71 Å². The standard InChI is InChI=1S/C12H11IN2O/c13-10-4-1-9(2-5-10)3-6-11-7-8-12(16)15-14-11/h1-6H,7-8H2,(H,15,16). The molecule has 0 aromatic heterocycles. The van der Waals surface area contributed by atoms with Crippen molar-refractivity contribution in [2.24, 2.45) is 5.10 Å². The van der Waals surface area contributed by atoms with Crippen LogP contribution in [0.25, 0.3) is 6.08 Å². The summed E-state index contributed by atoms with van der Waals surface area (Å²) in [5.41, 5.74) is 4.53. The Bertz CT molecular complexity index is 449. The third-order valence-electron chi connectivity index (χ3n) is 2.27. The quantitative estimate of drug-likeness (QED) is 0.834.